The zero-order chi connectivity index (χ0) is 19.2. The number of amides is 2. The van der Waals surface area contributed by atoms with Crippen molar-refractivity contribution in [1.29, 1.82) is 0 Å². The van der Waals surface area contributed by atoms with Crippen molar-refractivity contribution in [2.75, 3.05) is 6.54 Å². The van der Waals surface area contributed by atoms with E-state index in [-0.39, 0.29) is 23.5 Å². The fourth-order valence-corrected chi connectivity index (χ4v) is 3.55. The van der Waals surface area contributed by atoms with Crippen LogP contribution in [0.1, 0.15) is 30.9 Å². The van der Waals surface area contributed by atoms with Gasteiger partial charge in [-0.3, -0.25) is 9.59 Å². The largest absolute Gasteiger partial charge is 0.350 e. The highest BCUT2D eigenvalue weighted by Crippen LogP contribution is 2.22. The van der Waals surface area contributed by atoms with Gasteiger partial charge in [-0.25, -0.2) is 4.39 Å². The molecule has 0 bridgehead atoms. The summed E-state index contributed by atoms with van der Waals surface area (Å²) >= 11 is 0. The summed E-state index contributed by atoms with van der Waals surface area (Å²) in [5.41, 5.74) is 1.95. The Morgan fingerprint density at radius 3 is 2.52 bits per heavy atom. The maximum atomic E-state index is 13.0. The van der Waals surface area contributed by atoms with Gasteiger partial charge in [-0.2, -0.15) is 0 Å². The number of benzene rings is 2. The lowest BCUT2D eigenvalue weighted by atomic mass is 9.99. The van der Waals surface area contributed by atoms with Crippen LogP contribution >= 0.6 is 0 Å². The molecule has 1 aliphatic rings. The molecule has 4 nitrogen and oxygen atoms in total. The van der Waals surface area contributed by atoms with Crippen molar-refractivity contribution in [2.45, 2.75) is 38.8 Å². The Morgan fingerprint density at radius 1 is 1.11 bits per heavy atom. The molecule has 1 saturated heterocycles. The predicted molar refractivity (Wildman–Crippen MR) is 102 cm³/mol. The van der Waals surface area contributed by atoms with E-state index in [1.165, 1.54) is 12.1 Å². The Kier molecular flexibility index (Phi) is 6.22. The van der Waals surface area contributed by atoms with Crippen LogP contribution in [0.3, 0.4) is 0 Å². The third-order valence-electron chi connectivity index (χ3n) is 5.02. The van der Waals surface area contributed by atoms with E-state index in [0.29, 0.717) is 25.9 Å². The molecule has 1 N–H and O–H groups in total. The van der Waals surface area contributed by atoms with E-state index < -0.39 is 6.04 Å². The van der Waals surface area contributed by atoms with Gasteiger partial charge in [-0.05, 0) is 42.5 Å². The van der Waals surface area contributed by atoms with Crippen LogP contribution in [0.15, 0.2) is 54.6 Å². The fourth-order valence-electron chi connectivity index (χ4n) is 3.55. The van der Waals surface area contributed by atoms with Gasteiger partial charge in [0.05, 0.1) is 0 Å². The quantitative estimate of drug-likeness (QED) is 0.850. The van der Waals surface area contributed by atoms with Crippen LogP contribution in [0.4, 0.5) is 4.39 Å². The van der Waals surface area contributed by atoms with E-state index in [1.54, 1.807) is 17.0 Å². The maximum absolute atomic E-state index is 13.0. The predicted octanol–water partition coefficient (Wildman–Crippen LogP) is 3.31. The van der Waals surface area contributed by atoms with Crippen LogP contribution in [0.25, 0.3) is 0 Å². The zero-order valence-electron chi connectivity index (χ0n) is 15.5. The van der Waals surface area contributed by atoms with Gasteiger partial charge in [0.15, 0.2) is 0 Å². The van der Waals surface area contributed by atoms with E-state index in [1.807, 2.05) is 37.3 Å². The monoisotopic (exact) mass is 368 g/mol. The van der Waals surface area contributed by atoms with Crippen molar-refractivity contribution >= 4 is 11.8 Å². The van der Waals surface area contributed by atoms with Crippen LogP contribution in [-0.4, -0.2) is 29.3 Å². The standard InChI is InChI=1S/C22H25FN2O2/c1-16(14-17-9-11-19(23)12-10-17)22(27)25-13-5-8-20(25)21(26)24-15-18-6-3-2-4-7-18/h2-4,6-7,9-12,16,20H,5,8,13-15H2,1H3,(H,24,26)/t16?,20-/m0/s1. The Hall–Kier alpha value is -2.69. The molecular formula is C22H25FN2O2. The molecule has 5 heteroatoms. The van der Waals surface area contributed by atoms with Gasteiger partial charge in [-0.1, -0.05) is 49.4 Å². The lowest BCUT2D eigenvalue weighted by Gasteiger charge is -2.27. The first-order valence-corrected chi connectivity index (χ1v) is 9.41. The summed E-state index contributed by atoms with van der Waals surface area (Å²) in [6, 6.07) is 15.5. The van der Waals surface area contributed by atoms with Crippen molar-refractivity contribution in [1.82, 2.24) is 10.2 Å². The molecule has 2 aromatic carbocycles. The van der Waals surface area contributed by atoms with Crippen LogP contribution in [0.5, 0.6) is 0 Å². The Labute approximate surface area is 159 Å². The normalized spacial score (nSPS) is 17.6. The highest BCUT2D eigenvalue weighted by molar-refractivity contribution is 5.89. The first-order valence-electron chi connectivity index (χ1n) is 9.41. The van der Waals surface area contributed by atoms with Gasteiger partial charge in [0, 0.05) is 19.0 Å². The first-order chi connectivity index (χ1) is 13.0. The van der Waals surface area contributed by atoms with E-state index >= 15 is 0 Å². The van der Waals surface area contributed by atoms with Gasteiger partial charge < -0.3 is 10.2 Å². The molecule has 0 saturated carbocycles. The minimum atomic E-state index is -0.406. The number of hydrogen-bond donors (Lipinski definition) is 1. The van der Waals surface area contributed by atoms with Crippen LogP contribution in [0.2, 0.25) is 0 Å². The second-order valence-electron chi connectivity index (χ2n) is 7.12. The zero-order valence-corrected chi connectivity index (χ0v) is 15.5. The molecule has 0 aromatic heterocycles. The molecule has 0 spiro atoms. The molecular weight excluding hydrogens is 343 g/mol. The van der Waals surface area contributed by atoms with Gasteiger partial charge in [0.25, 0.3) is 0 Å². The summed E-state index contributed by atoms with van der Waals surface area (Å²) in [5, 5.41) is 2.95. The maximum Gasteiger partial charge on any atom is 0.243 e. The first kappa shape index (κ1) is 19.1. The average Bonchev–Trinajstić information content (AvgIpc) is 3.18. The summed E-state index contributed by atoms with van der Waals surface area (Å²) < 4.78 is 13.0. The Bertz CT molecular complexity index is 777. The topological polar surface area (TPSA) is 49.4 Å². The Balaban J connectivity index is 1.58. The van der Waals surface area contributed by atoms with E-state index in [4.69, 9.17) is 0 Å². The molecule has 142 valence electrons. The van der Waals surface area contributed by atoms with Gasteiger partial charge >= 0.3 is 0 Å². The molecule has 1 fully saturated rings. The minimum Gasteiger partial charge on any atom is -0.350 e. The second kappa shape index (κ2) is 8.80. The summed E-state index contributed by atoms with van der Waals surface area (Å²) in [5.74, 6) is -0.652. The third kappa shape index (κ3) is 4.94. The number of likely N-dealkylation sites (tertiary alicyclic amines) is 1. The third-order valence-corrected chi connectivity index (χ3v) is 5.02. The molecule has 3 rings (SSSR count). The molecule has 1 heterocycles. The lowest BCUT2D eigenvalue weighted by molar-refractivity contribution is -0.141. The Morgan fingerprint density at radius 2 is 1.81 bits per heavy atom. The number of halogens is 1. The van der Waals surface area contributed by atoms with E-state index in [9.17, 15) is 14.0 Å². The number of nitrogens with zero attached hydrogens (tertiary/aromatic N) is 1. The summed E-state index contributed by atoms with van der Waals surface area (Å²) in [7, 11) is 0. The van der Waals surface area contributed by atoms with Gasteiger partial charge in [-0.15, -0.1) is 0 Å². The van der Waals surface area contributed by atoms with E-state index in [2.05, 4.69) is 5.32 Å². The second-order valence-corrected chi connectivity index (χ2v) is 7.12. The smallest absolute Gasteiger partial charge is 0.243 e. The molecule has 2 atom stereocenters. The lowest BCUT2D eigenvalue weighted by Crippen LogP contribution is -2.47. The summed E-state index contributed by atoms with van der Waals surface area (Å²) in [6.07, 6.45) is 2.06. The number of rotatable bonds is 6. The van der Waals surface area contributed by atoms with Crippen LogP contribution in [-0.2, 0) is 22.6 Å². The summed E-state index contributed by atoms with van der Waals surface area (Å²) in [4.78, 5) is 27.2. The molecule has 2 amide bonds. The van der Waals surface area contributed by atoms with Crippen LogP contribution in [0, 0.1) is 11.7 Å². The van der Waals surface area contributed by atoms with Crippen molar-refractivity contribution in [3.05, 3.63) is 71.5 Å². The molecule has 0 radical (unpaired) electrons. The number of carbonyl (C=O) groups excluding carboxylic acids is 2. The SMILES string of the molecule is CC(Cc1ccc(F)cc1)C(=O)N1CCC[C@H]1C(=O)NCc1ccccc1. The highest BCUT2D eigenvalue weighted by atomic mass is 19.1. The number of carbonyl (C=O) groups is 2. The van der Waals surface area contributed by atoms with Crippen molar-refractivity contribution in [3.8, 4) is 0 Å². The number of hydrogen-bond acceptors (Lipinski definition) is 2. The van der Waals surface area contributed by atoms with Crippen LogP contribution < -0.4 is 5.32 Å². The van der Waals surface area contributed by atoms with Gasteiger partial charge in [0.2, 0.25) is 11.8 Å². The highest BCUT2D eigenvalue weighted by Gasteiger charge is 2.35. The number of nitrogens with one attached hydrogen (secondary N) is 1. The molecule has 27 heavy (non-hydrogen) atoms. The molecule has 2 aromatic rings. The average molecular weight is 368 g/mol. The van der Waals surface area contributed by atoms with Crippen molar-refractivity contribution in [3.63, 3.8) is 0 Å². The van der Waals surface area contributed by atoms with Crippen molar-refractivity contribution in [2.24, 2.45) is 5.92 Å². The molecule has 1 unspecified atom stereocenters. The summed E-state index contributed by atoms with van der Waals surface area (Å²) in [6.45, 7) is 2.93. The minimum absolute atomic E-state index is 0.0170. The molecule has 0 aliphatic carbocycles. The van der Waals surface area contributed by atoms with Crippen molar-refractivity contribution < 1.29 is 14.0 Å². The van der Waals surface area contributed by atoms with Gasteiger partial charge in [0.1, 0.15) is 11.9 Å². The fraction of sp³-hybridized carbons (Fsp3) is 0.364. The molecule has 1 aliphatic heterocycles. The van der Waals surface area contributed by atoms with E-state index in [0.717, 1.165) is 17.5 Å².